The summed E-state index contributed by atoms with van der Waals surface area (Å²) in [5.41, 5.74) is 2.61. The SMILES string of the molecule is CCCc1nc(NCCCCCC(=O)NO)c2ccccc2n1. The van der Waals surface area contributed by atoms with E-state index in [1.54, 1.807) is 5.48 Å². The molecule has 0 aliphatic heterocycles. The monoisotopic (exact) mass is 316 g/mol. The summed E-state index contributed by atoms with van der Waals surface area (Å²) >= 11 is 0. The van der Waals surface area contributed by atoms with Crippen LogP contribution in [-0.2, 0) is 11.2 Å². The third-order valence-electron chi connectivity index (χ3n) is 3.62. The lowest BCUT2D eigenvalue weighted by atomic mass is 10.2. The molecule has 1 amide bonds. The van der Waals surface area contributed by atoms with Crippen LogP contribution in [0.1, 0.15) is 44.9 Å². The number of nitrogens with zero attached hydrogens (tertiary/aromatic N) is 2. The zero-order valence-electron chi connectivity index (χ0n) is 13.5. The topological polar surface area (TPSA) is 87.1 Å². The quantitative estimate of drug-likeness (QED) is 0.376. The number of para-hydroxylation sites is 1. The molecule has 1 heterocycles. The lowest BCUT2D eigenvalue weighted by molar-refractivity contribution is -0.129. The zero-order valence-corrected chi connectivity index (χ0v) is 13.5. The maximum absolute atomic E-state index is 10.9. The first-order valence-corrected chi connectivity index (χ1v) is 8.17. The van der Waals surface area contributed by atoms with Gasteiger partial charge in [0.05, 0.1) is 5.52 Å². The smallest absolute Gasteiger partial charge is 0.243 e. The average Bonchev–Trinajstić information content (AvgIpc) is 2.57. The highest BCUT2D eigenvalue weighted by Gasteiger charge is 2.06. The number of unbranched alkanes of at least 4 members (excludes halogenated alkanes) is 2. The van der Waals surface area contributed by atoms with Gasteiger partial charge in [-0.3, -0.25) is 10.0 Å². The first-order chi connectivity index (χ1) is 11.2. The van der Waals surface area contributed by atoms with Gasteiger partial charge in [0, 0.05) is 24.8 Å². The maximum atomic E-state index is 10.9. The van der Waals surface area contributed by atoms with Crippen LogP contribution in [0, 0.1) is 0 Å². The number of aromatic nitrogens is 2. The summed E-state index contributed by atoms with van der Waals surface area (Å²) in [6, 6.07) is 8.01. The normalized spacial score (nSPS) is 10.7. The molecule has 0 aliphatic carbocycles. The average molecular weight is 316 g/mol. The van der Waals surface area contributed by atoms with Crippen molar-refractivity contribution < 1.29 is 10.0 Å². The summed E-state index contributed by atoms with van der Waals surface area (Å²) in [5, 5.41) is 12.9. The lowest BCUT2D eigenvalue weighted by Crippen LogP contribution is -2.17. The minimum absolute atomic E-state index is 0.330. The van der Waals surface area contributed by atoms with Crippen LogP contribution in [0.5, 0.6) is 0 Å². The van der Waals surface area contributed by atoms with E-state index in [1.807, 2.05) is 24.3 Å². The number of nitrogens with one attached hydrogen (secondary N) is 2. The minimum Gasteiger partial charge on any atom is -0.369 e. The summed E-state index contributed by atoms with van der Waals surface area (Å²) in [4.78, 5) is 20.1. The number of rotatable bonds is 9. The fourth-order valence-corrected chi connectivity index (χ4v) is 2.44. The molecule has 0 bridgehead atoms. The van der Waals surface area contributed by atoms with E-state index in [2.05, 4.69) is 22.2 Å². The van der Waals surface area contributed by atoms with Crippen LogP contribution in [0.2, 0.25) is 0 Å². The number of anilines is 1. The molecule has 0 saturated heterocycles. The van der Waals surface area contributed by atoms with Crippen LogP contribution in [-0.4, -0.2) is 27.6 Å². The van der Waals surface area contributed by atoms with E-state index in [0.717, 1.165) is 61.2 Å². The molecule has 6 heteroatoms. The summed E-state index contributed by atoms with van der Waals surface area (Å²) in [6.07, 6.45) is 4.87. The van der Waals surface area contributed by atoms with E-state index in [4.69, 9.17) is 5.21 Å². The van der Waals surface area contributed by atoms with Gasteiger partial charge in [-0.25, -0.2) is 15.4 Å². The highest BCUT2D eigenvalue weighted by atomic mass is 16.5. The summed E-state index contributed by atoms with van der Waals surface area (Å²) in [5.74, 6) is 1.42. The highest BCUT2D eigenvalue weighted by Crippen LogP contribution is 2.20. The van der Waals surface area contributed by atoms with Gasteiger partial charge in [0.15, 0.2) is 0 Å². The maximum Gasteiger partial charge on any atom is 0.243 e. The van der Waals surface area contributed by atoms with Crippen molar-refractivity contribution in [3.8, 4) is 0 Å². The molecule has 3 N–H and O–H groups in total. The number of hydroxylamine groups is 1. The zero-order chi connectivity index (χ0) is 16.5. The van der Waals surface area contributed by atoms with E-state index in [-0.39, 0.29) is 5.91 Å². The van der Waals surface area contributed by atoms with Crippen LogP contribution in [0.15, 0.2) is 24.3 Å². The Balaban J connectivity index is 1.92. The standard InChI is InChI=1S/C17H24N4O2/c1-2-8-15-19-14-10-6-5-9-13(14)17(20-15)18-12-7-3-4-11-16(22)21-23/h5-6,9-10,23H,2-4,7-8,11-12H2,1H3,(H,21,22)(H,18,19,20). The van der Waals surface area contributed by atoms with Crippen molar-refractivity contribution in [2.24, 2.45) is 0 Å². The second kappa shape index (κ2) is 9.05. The predicted octanol–water partition coefficient (Wildman–Crippen LogP) is 3.06. The highest BCUT2D eigenvalue weighted by molar-refractivity contribution is 5.88. The molecule has 1 aromatic heterocycles. The second-order valence-electron chi connectivity index (χ2n) is 5.53. The first kappa shape index (κ1) is 17.1. The van der Waals surface area contributed by atoms with E-state index in [9.17, 15) is 4.79 Å². The molecule has 0 saturated carbocycles. The van der Waals surface area contributed by atoms with E-state index < -0.39 is 0 Å². The summed E-state index contributed by atoms with van der Waals surface area (Å²) in [7, 11) is 0. The van der Waals surface area contributed by atoms with Crippen LogP contribution in [0.4, 0.5) is 5.82 Å². The van der Waals surface area contributed by atoms with Crippen LogP contribution in [0.25, 0.3) is 10.9 Å². The van der Waals surface area contributed by atoms with E-state index in [0.29, 0.717) is 6.42 Å². The van der Waals surface area contributed by atoms with Gasteiger partial charge in [0.25, 0.3) is 0 Å². The molecule has 124 valence electrons. The van der Waals surface area contributed by atoms with Crippen molar-refractivity contribution >= 4 is 22.6 Å². The minimum atomic E-state index is -0.330. The van der Waals surface area contributed by atoms with Crippen molar-refractivity contribution in [3.63, 3.8) is 0 Å². The number of amides is 1. The molecular weight excluding hydrogens is 292 g/mol. The van der Waals surface area contributed by atoms with Crippen molar-refractivity contribution in [1.29, 1.82) is 0 Å². The molecule has 0 aliphatic rings. The Labute approximate surface area is 136 Å². The molecule has 0 spiro atoms. The molecule has 0 unspecified atom stereocenters. The van der Waals surface area contributed by atoms with Gasteiger partial charge >= 0.3 is 0 Å². The molecule has 23 heavy (non-hydrogen) atoms. The van der Waals surface area contributed by atoms with Gasteiger partial charge in [0.1, 0.15) is 11.6 Å². The van der Waals surface area contributed by atoms with Gasteiger partial charge < -0.3 is 5.32 Å². The number of carbonyl (C=O) groups excluding carboxylic acids is 1. The summed E-state index contributed by atoms with van der Waals surface area (Å²) in [6.45, 7) is 2.92. The van der Waals surface area contributed by atoms with Crippen molar-refractivity contribution in [2.45, 2.75) is 45.4 Å². The number of fused-ring (bicyclic) bond motifs is 1. The van der Waals surface area contributed by atoms with Crippen molar-refractivity contribution in [1.82, 2.24) is 15.4 Å². The Kier molecular flexibility index (Phi) is 6.75. The molecule has 0 atom stereocenters. The molecule has 0 radical (unpaired) electrons. The van der Waals surface area contributed by atoms with Gasteiger partial charge in [-0.2, -0.15) is 0 Å². The second-order valence-corrected chi connectivity index (χ2v) is 5.53. The number of benzene rings is 1. The Morgan fingerprint density at radius 2 is 2.00 bits per heavy atom. The van der Waals surface area contributed by atoms with Crippen molar-refractivity contribution in [3.05, 3.63) is 30.1 Å². The number of carbonyl (C=O) groups is 1. The Morgan fingerprint density at radius 3 is 2.78 bits per heavy atom. The van der Waals surface area contributed by atoms with Gasteiger partial charge in [-0.05, 0) is 31.4 Å². The van der Waals surface area contributed by atoms with Crippen LogP contribution < -0.4 is 10.8 Å². The third kappa shape index (κ3) is 5.17. The molecular formula is C17H24N4O2. The molecule has 2 rings (SSSR count). The van der Waals surface area contributed by atoms with Crippen molar-refractivity contribution in [2.75, 3.05) is 11.9 Å². The molecule has 0 fully saturated rings. The van der Waals surface area contributed by atoms with Gasteiger partial charge in [0.2, 0.25) is 5.91 Å². The van der Waals surface area contributed by atoms with Crippen LogP contribution in [0.3, 0.4) is 0 Å². The van der Waals surface area contributed by atoms with E-state index in [1.165, 1.54) is 0 Å². The fourth-order valence-electron chi connectivity index (χ4n) is 2.44. The number of hydrogen-bond acceptors (Lipinski definition) is 5. The predicted molar refractivity (Wildman–Crippen MR) is 90.4 cm³/mol. The number of aryl methyl sites for hydroxylation is 1. The Bertz CT molecular complexity index is 646. The molecule has 1 aromatic carbocycles. The Hall–Kier alpha value is -2.21. The largest absolute Gasteiger partial charge is 0.369 e. The summed E-state index contributed by atoms with van der Waals surface area (Å²) < 4.78 is 0. The third-order valence-corrected chi connectivity index (χ3v) is 3.62. The number of hydrogen-bond donors (Lipinski definition) is 3. The first-order valence-electron chi connectivity index (χ1n) is 8.17. The van der Waals surface area contributed by atoms with Crippen LogP contribution >= 0.6 is 0 Å². The Morgan fingerprint density at radius 1 is 1.17 bits per heavy atom. The van der Waals surface area contributed by atoms with E-state index >= 15 is 0 Å². The lowest BCUT2D eigenvalue weighted by Gasteiger charge is -2.10. The molecule has 2 aromatic rings. The van der Waals surface area contributed by atoms with Gasteiger partial charge in [-0.1, -0.05) is 25.5 Å². The van der Waals surface area contributed by atoms with Gasteiger partial charge in [-0.15, -0.1) is 0 Å². The fraction of sp³-hybridized carbons (Fsp3) is 0.471. The molecule has 6 nitrogen and oxygen atoms in total.